The van der Waals surface area contributed by atoms with Crippen LogP contribution in [0.2, 0.25) is 0 Å². The Morgan fingerprint density at radius 2 is 2.19 bits per heavy atom. The highest BCUT2D eigenvalue weighted by molar-refractivity contribution is 5.86. The van der Waals surface area contributed by atoms with Crippen LogP contribution >= 0.6 is 0 Å². The first-order valence-corrected chi connectivity index (χ1v) is 6.25. The quantitative estimate of drug-likeness (QED) is 0.745. The van der Waals surface area contributed by atoms with E-state index >= 15 is 0 Å². The van der Waals surface area contributed by atoms with E-state index in [2.05, 4.69) is 12.2 Å². The van der Waals surface area contributed by atoms with Gasteiger partial charge in [0.05, 0.1) is 6.61 Å². The highest BCUT2D eigenvalue weighted by atomic mass is 16.5. The van der Waals surface area contributed by atoms with Gasteiger partial charge in [-0.2, -0.15) is 0 Å². The average Bonchev–Trinajstić information content (AvgIpc) is 2.65. The summed E-state index contributed by atoms with van der Waals surface area (Å²) in [5.41, 5.74) is 5.57. The molecule has 1 saturated heterocycles. The molecule has 2 rings (SSSR count). The van der Waals surface area contributed by atoms with Crippen molar-refractivity contribution in [3.05, 3.63) is 0 Å². The van der Waals surface area contributed by atoms with Crippen LogP contribution in [0.4, 0.5) is 0 Å². The summed E-state index contributed by atoms with van der Waals surface area (Å²) in [6.45, 7) is 3.93. The number of hydrogen-bond donors (Lipinski definition) is 2. The maximum absolute atomic E-state index is 12.0. The molecule has 3 N–H and O–H groups in total. The molecule has 1 heterocycles. The Balaban J connectivity index is 1.83. The Labute approximate surface area is 96.9 Å². The molecule has 1 unspecified atom stereocenters. The van der Waals surface area contributed by atoms with E-state index in [0.717, 1.165) is 13.0 Å². The zero-order chi connectivity index (χ0) is 11.6. The van der Waals surface area contributed by atoms with E-state index in [1.165, 1.54) is 19.3 Å². The lowest BCUT2D eigenvalue weighted by Gasteiger charge is -2.42. The molecule has 16 heavy (non-hydrogen) atoms. The molecule has 1 aliphatic heterocycles. The molecule has 92 valence electrons. The number of rotatable bonds is 4. The maximum atomic E-state index is 12.0. The zero-order valence-electron chi connectivity index (χ0n) is 10.1. The molecule has 0 bridgehead atoms. The summed E-state index contributed by atoms with van der Waals surface area (Å²) in [4.78, 5) is 12.0. The molecule has 2 aliphatic rings. The van der Waals surface area contributed by atoms with Crippen molar-refractivity contribution in [3.8, 4) is 0 Å². The molecule has 2 fully saturated rings. The molecule has 0 aromatic carbocycles. The van der Waals surface area contributed by atoms with Crippen molar-refractivity contribution in [2.24, 2.45) is 11.1 Å². The van der Waals surface area contributed by atoms with Crippen LogP contribution in [0.25, 0.3) is 0 Å². The molecule has 1 atom stereocenters. The number of hydrogen-bond acceptors (Lipinski definition) is 3. The molecule has 4 nitrogen and oxygen atoms in total. The topological polar surface area (TPSA) is 64.4 Å². The Morgan fingerprint density at radius 3 is 2.62 bits per heavy atom. The van der Waals surface area contributed by atoms with E-state index in [1.54, 1.807) is 0 Å². The minimum atomic E-state index is -0.779. The first-order valence-electron chi connectivity index (χ1n) is 6.25. The maximum Gasteiger partial charge on any atom is 0.242 e. The fourth-order valence-electron chi connectivity index (χ4n) is 2.54. The Bertz CT molecular complexity index is 263. The van der Waals surface area contributed by atoms with E-state index in [9.17, 15) is 4.79 Å². The van der Waals surface area contributed by atoms with Crippen molar-refractivity contribution in [2.45, 2.75) is 44.6 Å². The van der Waals surface area contributed by atoms with Crippen LogP contribution in [0.5, 0.6) is 0 Å². The van der Waals surface area contributed by atoms with Crippen LogP contribution in [0.3, 0.4) is 0 Å². The van der Waals surface area contributed by atoms with Crippen LogP contribution in [0, 0.1) is 5.41 Å². The number of carbonyl (C=O) groups excluding carboxylic acids is 1. The second kappa shape index (κ2) is 4.34. The van der Waals surface area contributed by atoms with Crippen LogP contribution in [0.15, 0.2) is 0 Å². The molecule has 1 aliphatic carbocycles. The van der Waals surface area contributed by atoms with Gasteiger partial charge < -0.3 is 15.8 Å². The average molecular weight is 226 g/mol. The van der Waals surface area contributed by atoms with Crippen molar-refractivity contribution in [2.75, 3.05) is 19.8 Å². The summed E-state index contributed by atoms with van der Waals surface area (Å²) in [6, 6.07) is 0. The van der Waals surface area contributed by atoms with Crippen molar-refractivity contribution >= 4 is 5.91 Å². The van der Waals surface area contributed by atoms with Gasteiger partial charge in [0.2, 0.25) is 5.91 Å². The van der Waals surface area contributed by atoms with Crippen molar-refractivity contribution in [1.82, 2.24) is 5.32 Å². The van der Waals surface area contributed by atoms with E-state index in [4.69, 9.17) is 10.5 Å². The summed E-state index contributed by atoms with van der Waals surface area (Å²) < 4.78 is 5.19. The summed E-state index contributed by atoms with van der Waals surface area (Å²) in [5.74, 6) is -0.0373. The predicted octanol–water partition coefficient (Wildman–Crippen LogP) is 0.801. The minimum absolute atomic E-state index is 0.0373. The summed E-state index contributed by atoms with van der Waals surface area (Å²) in [6.07, 6.45) is 5.54. The molecule has 1 amide bonds. The minimum Gasteiger partial charge on any atom is -0.379 e. The van der Waals surface area contributed by atoms with E-state index in [-0.39, 0.29) is 5.91 Å². The van der Waals surface area contributed by atoms with Gasteiger partial charge in [-0.05, 0) is 31.1 Å². The van der Waals surface area contributed by atoms with Gasteiger partial charge in [0.1, 0.15) is 5.54 Å². The molecule has 4 heteroatoms. The van der Waals surface area contributed by atoms with Crippen LogP contribution in [0.1, 0.15) is 39.0 Å². The number of nitrogens with two attached hydrogens (primary N) is 1. The van der Waals surface area contributed by atoms with Gasteiger partial charge in [-0.25, -0.2) is 0 Å². The lowest BCUT2D eigenvalue weighted by atomic mass is 9.67. The van der Waals surface area contributed by atoms with Crippen LogP contribution in [-0.2, 0) is 9.53 Å². The van der Waals surface area contributed by atoms with Gasteiger partial charge in [0.15, 0.2) is 0 Å². The van der Waals surface area contributed by atoms with E-state index in [1.807, 2.05) is 0 Å². The third kappa shape index (κ3) is 2.09. The lowest BCUT2D eigenvalue weighted by Crippen LogP contribution is -2.56. The van der Waals surface area contributed by atoms with Crippen LogP contribution < -0.4 is 11.1 Å². The Morgan fingerprint density at radius 1 is 1.44 bits per heavy atom. The monoisotopic (exact) mass is 226 g/mol. The highest BCUT2D eigenvalue weighted by Gasteiger charge is 2.40. The second-order valence-corrected chi connectivity index (χ2v) is 5.35. The summed E-state index contributed by atoms with van der Waals surface area (Å²) >= 11 is 0. The number of carbonyl (C=O) groups is 1. The molecule has 0 spiro atoms. The summed E-state index contributed by atoms with van der Waals surface area (Å²) in [7, 11) is 0. The van der Waals surface area contributed by atoms with Crippen molar-refractivity contribution in [1.29, 1.82) is 0 Å². The SMILES string of the molecule is CCC1(CNC(=O)C2(N)CCOC2)CCC1. The van der Waals surface area contributed by atoms with E-state index in [0.29, 0.717) is 25.0 Å². The smallest absolute Gasteiger partial charge is 0.242 e. The molecule has 1 saturated carbocycles. The largest absolute Gasteiger partial charge is 0.379 e. The third-order valence-electron chi connectivity index (χ3n) is 4.29. The predicted molar refractivity (Wildman–Crippen MR) is 61.9 cm³/mol. The van der Waals surface area contributed by atoms with Gasteiger partial charge in [0, 0.05) is 13.2 Å². The van der Waals surface area contributed by atoms with Gasteiger partial charge in [-0.3, -0.25) is 4.79 Å². The molecule has 0 radical (unpaired) electrons. The number of amides is 1. The normalized spacial score (nSPS) is 32.1. The standard InChI is InChI=1S/C12H22N2O2/c1-2-11(4-3-5-11)8-14-10(15)12(13)6-7-16-9-12/h2-9,13H2,1H3,(H,14,15). The number of ether oxygens (including phenoxy) is 1. The van der Waals surface area contributed by atoms with Gasteiger partial charge in [-0.15, -0.1) is 0 Å². The first kappa shape index (κ1) is 11.9. The lowest BCUT2D eigenvalue weighted by molar-refractivity contribution is -0.127. The Hall–Kier alpha value is -0.610. The van der Waals surface area contributed by atoms with Crippen LogP contribution in [-0.4, -0.2) is 31.2 Å². The van der Waals surface area contributed by atoms with E-state index < -0.39 is 5.54 Å². The van der Waals surface area contributed by atoms with Crippen molar-refractivity contribution < 1.29 is 9.53 Å². The second-order valence-electron chi connectivity index (χ2n) is 5.35. The third-order valence-corrected chi connectivity index (χ3v) is 4.29. The summed E-state index contributed by atoms with van der Waals surface area (Å²) in [5, 5.41) is 3.01. The highest BCUT2D eigenvalue weighted by Crippen LogP contribution is 2.43. The fourth-order valence-corrected chi connectivity index (χ4v) is 2.54. The molecule has 0 aromatic heterocycles. The molecule has 0 aromatic rings. The van der Waals surface area contributed by atoms with Gasteiger partial charge in [-0.1, -0.05) is 13.3 Å². The molecular formula is C12H22N2O2. The van der Waals surface area contributed by atoms with Crippen molar-refractivity contribution in [3.63, 3.8) is 0 Å². The van der Waals surface area contributed by atoms with Gasteiger partial charge >= 0.3 is 0 Å². The van der Waals surface area contributed by atoms with Gasteiger partial charge in [0.25, 0.3) is 0 Å². The number of nitrogens with one attached hydrogen (secondary N) is 1. The Kier molecular flexibility index (Phi) is 3.22. The molecular weight excluding hydrogens is 204 g/mol. The first-order chi connectivity index (χ1) is 7.60. The fraction of sp³-hybridized carbons (Fsp3) is 0.917. The zero-order valence-corrected chi connectivity index (χ0v) is 10.1.